The normalized spacial score (nSPS) is 26.4. The number of nitrogens with one attached hydrogen (secondary N) is 1. The van der Waals surface area contributed by atoms with E-state index >= 15 is 0 Å². The quantitative estimate of drug-likeness (QED) is 0.809. The monoisotopic (exact) mass is 411 g/mol. The molecule has 3 N–H and O–H groups in total. The molecule has 2 bridgehead atoms. The second-order valence-electron chi connectivity index (χ2n) is 7.41. The fraction of sp³-hybridized carbons (Fsp3) is 0.526. The van der Waals surface area contributed by atoms with Gasteiger partial charge in [-0.25, -0.2) is 9.97 Å². The van der Waals surface area contributed by atoms with Gasteiger partial charge < -0.3 is 11.1 Å². The lowest BCUT2D eigenvalue weighted by atomic mass is 9.65. The number of pyridine rings is 1. The van der Waals surface area contributed by atoms with Crippen LogP contribution in [0.5, 0.6) is 0 Å². The number of hydrogen-bond donors (Lipinski definition) is 2. The third-order valence-corrected chi connectivity index (χ3v) is 5.83. The molecule has 2 unspecified atom stereocenters. The molecular formula is C19H27Cl2N5O. The minimum atomic E-state index is 0. The van der Waals surface area contributed by atoms with Crippen LogP contribution in [-0.4, -0.2) is 26.5 Å². The summed E-state index contributed by atoms with van der Waals surface area (Å²) in [7, 11) is 0. The highest BCUT2D eigenvalue weighted by Crippen LogP contribution is 2.41. The number of hydrogen-bond acceptors (Lipinski definition) is 4. The summed E-state index contributed by atoms with van der Waals surface area (Å²) in [5, 5.41) is 3.11. The molecule has 0 saturated heterocycles. The van der Waals surface area contributed by atoms with E-state index in [1.54, 1.807) is 18.7 Å². The maximum atomic E-state index is 12.6. The van der Waals surface area contributed by atoms with E-state index in [1.165, 1.54) is 19.3 Å². The first-order valence-electron chi connectivity index (χ1n) is 9.17. The molecule has 1 amide bonds. The number of rotatable bonds is 4. The largest absolute Gasteiger partial charge is 0.352 e. The van der Waals surface area contributed by atoms with E-state index in [1.807, 2.05) is 22.9 Å². The van der Waals surface area contributed by atoms with Gasteiger partial charge >= 0.3 is 0 Å². The van der Waals surface area contributed by atoms with Crippen LogP contribution in [0.25, 0.3) is 5.82 Å². The van der Waals surface area contributed by atoms with Gasteiger partial charge in [-0.05, 0) is 55.2 Å². The number of halogens is 2. The number of carbonyl (C=O) groups is 1. The number of nitrogens with two attached hydrogens (primary N) is 1. The van der Waals surface area contributed by atoms with Gasteiger partial charge in [-0.1, -0.05) is 6.42 Å². The average Bonchev–Trinajstić information content (AvgIpc) is 3.14. The molecule has 0 radical (unpaired) electrons. The number of amides is 1. The molecule has 2 aliphatic rings. The third-order valence-electron chi connectivity index (χ3n) is 5.83. The molecule has 6 nitrogen and oxygen atoms in total. The van der Waals surface area contributed by atoms with Crippen molar-refractivity contribution in [1.29, 1.82) is 0 Å². The molecule has 27 heavy (non-hydrogen) atoms. The molecule has 148 valence electrons. The predicted octanol–water partition coefficient (Wildman–Crippen LogP) is 2.88. The Morgan fingerprint density at radius 1 is 1.22 bits per heavy atom. The van der Waals surface area contributed by atoms with Crippen LogP contribution in [0.3, 0.4) is 0 Å². The summed E-state index contributed by atoms with van der Waals surface area (Å²) >= 11 is 0. The average molecular weight is 412 g/mol. The smallest absolute Gasteiger partial charge is 0.223 e. The summed E-state index contributed by atoms with van der Waals surface area (Å²) in [4.78, 5) is 21.0. The number of imidazole rings is 1. The molecule has 2 aromatic heterocycles. The van der Waals surface area contributed by atoms with Crippen molar-refractivity contribution >= 4 is 30.7 Å². The Kier molecular flexibility index (Phi) is 7.65. The van der Waals surface area contributed by atoms with Gasteiger partial charge in [0, 0.05) is 37.1 Å². The van der Waals surface area contributed by atoms with E-state index in [-0.39, 0.29) is 36.6 Å². The van der Waals surface area contributed by atoms with Crippen molar-refractivity contribution in [3.63, 3.8) is 0 Å². The van der Waals surface area contributed by atoms with E-state index in [4.69, 9.17) is 5.73 Å². The summed E-state index contributed by atoms with van der Waals surface area (Å²) in [5.41, 5.74) is 7.37. The van der Waals surface area contributed by atoms with E-state index in [9.17, 15) is 4.79 Å². The van der Waals surface area contributed by atoms with Gasteiger partial charge in [0.05, 0.1) is 0 Å². The fourth-order valence-electron chi connectivity index (χ4n) is 4.44. The van der Waals surface area contributed by atoms with Crippen LogP contribution >= 0.6 is 24.8 Å². The van der Waals surface area contributed by atoms with Gasteiger partial charge in [-0.2, -0.15) is 0 Å². The first-order valence-corrected chi connectivity index (χ1v) is 9.17. The van der Waals surface area contributed by atoms with Crippen molar-refractivity contribution in [3.05, 3.63) is 42.6 Å². The molecule has 2 aliphatic carbocycles. The first kappa shape index (κ1) is 21.7. The lowest BCUT2D eigenvalue weighted by Crippen LogP contribution is -2.49. The van der Waals surface area contributed by atoms with Crippen LogP contribution in [-0.2, 0) is 11.3 Å². The molecule has 0 spiro atoms. The van der Waals surface area contributed by atoms with Crippen LogP contribution in [0.2, 0.25) is 0 Å². The third kappa shape index (κ3) is 4.81. The zero-order chi connectivity index (χ0) is 17.2. The summed E-state index contributed by atoms with van der Waals surface area (Å²) < 4.78 is 1.86. The highest BCUT2D eigenvalue weighted by Gasteiger charge is 2.40. The Hall–Kier alpha value is -1.63. The van der Waals surface area contributed by atoms with Crippen molar-refractivity contribution < 1.29 is 4.79 Å². The highest BCUT2D eigenvalue weighted by molar-refractivity contribution is 5.85. The van der Waals surface area contributed by atoms with Gasteiger partial charge in [0.25, 0.3) is 0 Å². The predicted molar refractivity (Wildman–Crippen MR) is 109 cm³/mol. The molecule has 0 aromatic carbocycles. The Labute approximate surface area is 172 Å². The van der Waals surface area contributed by atoms with Crippen molar-refractivity contribution in [2.75, 3.05) is 0 Å². The molecule has 2 saturated carbocycles. The molecule has 2 fully saturated rings. The molecule has 8 heteroatoms. The summed E-state index contributed by atoms with van der Waals surface area (Å²) in [5.74, 6) is 2.14. The molecular weight excluding hydrogens is 385 g/mol. The van der Waals surface area contributed by atoms with Crippen LogP contribution < -0.4 is 11.1 Å². The Morgan fingerprint density at radius 3 is 2.63 bits per heavy atom. The minimum absolute atomic E-state index is 0. The van der Waals surface area contributed by atoms with Gasteiger partial charge in [-0.15, -0.1) is 24.8 Å². The van der Waals surface area contributed by atoms with E-state index in [0.717, 1.165) is 24.2 Å². The number of fused-ring (bicyclic) bond motifs is 2. The number of carbonyl (C=O) groups excluding carboxylic acids is 1. The SMILES string of the molecule is Cl.Cl.NC1C2CCCC1CC(C(=O)NCc1ccnc(-n3ccnc3)c1)C2. The van der Waals surface area contributed by atoms with Gasteiger partial charge in [-0.3, -0.25) is 9.36 Å². The van der Waals surface area contributed by atoms with Crippen LogP contribution in [0, 0.1) is 17.8 Å². The molecule has 4 rings (SSSR count). The first-order chi connectivity index (χ1) is 12.2. The van der Waals surface area contributed by atoms with Crippen molar-refractivity contribution in [2.24, 2.45) is 23.5 Å². The van der Waals surface area contributed by atoms with Gasteiger partial charge in [0.1, 0.15) is 12.1 Å². The molecule has 2 aromatic rings. The van der Waals surface area contributed by atoms with Crippen LogP contribution in [0.15, 0.2) is 37.1 Å². The standard InChI is InChI=1S/C19H25N5O.2ClH/c20-18-14-2-1-3-15(18)10-16(9-14)19(25)23-11-13-4-5-22-17(8-13)24-7-6-21-12-24;;/h4-8,12,14-16,18H,1-3,9-11,20H2,(H,23,25);2*1H. The highest BCUT2D eigenvalue weighted by atomic mass is 35.5. The number of aromatic nitrogens is 3. The van der Waals surface area contributed by atoms with Crippen molar-refractivity contribution in [1.82, 2.24) is 19.9 Å². The maximum Gasteiger partial charge on any atom is 0.223 e. The second kappa shape index (κ2) is 9.53. The zero-order valence-corrected chi connectivity index (χ0v) is 16.8. The Balaban J connectivity index is 0.00000131. The lowest BCUT2D eigenvalue weighted by molar-refractivity contribution is -0.128. The maximum absolute atomic E-state index is 12.6. The summed E-state index contributed by atoms with van der Waals surface area (Å²) in [6.07, 6.45) is 12.6. The van der Waals surface area contributed by atoms with Gasteiger partial charge in [0.2, 0.25) is 5.91 Å². The summed E-state index contributed by atoms with van der Waals surface area (Å²) in [6.45, 7) is 0.529. The Bertz CT molecular complexity index is 725. The minimum Gasteiger partial charge on any atom is -0.352 e. The fourth-order valence-corrected chi connectivity index (χ4v) is 4.44. The molecule has 2 atom stereocenters. The van der Waals surface area contributed by atoms with Crippen LogP contribution in [0.4, 0.5) is 0 Å². The lowest BCUT2D eigenvalue weighted by Gasteiger charge is -2.43. The topological polar surface area (TPSA) is 85.8 Å². The van der Waals surface area contributed by atoms with E-state index in [0.29, 0.717) is 24.4 Å². The molecule has 0 aliphatic heterocycles. The van der Waals surface area contributed by atoms with Crippen molar-refractivity contribution in [2.45, 2.75) is 44.7 Å². The van der Waals surface area contributed by atoms with Gasteiger partial charge in [0.15, 0.2) is 0 Å². The van der Waals surface area contributed by atoms with E-state index < -0.39 is 0 Å². The molecule has 2 heterocycles. The van der Waals surface area contributed by atoms with Crippen LogP contribution in [0.1, 0.15) is 37.7 Å². The Morgan fingerprint density at radius 2 is 1.96 bits per heavy atom. The summed E-state index contributed by atoms with van der Waals surface area (Å²) in [6, 6.07) is 4.22. The second-order valence-corrected chi connectivity index (χ2v) is 7.41. The van der Waals surface area contributed by atoms with Crippen molar-refractivity contribution in [3.8, 4) is 5.82 Å². The number of nitrogens with zero attached hydrogens (tertiary/aromatic N) is 3. The zero-order valence-electron chi connectivity index (χ0n) is 15.2. The van der Waals surface area contributed by atoms with E-state index in [2.05, 4.69) is 15.3 Å².